The number of imide groups is 1. The molecule has 180 valence electrons. The second-order valence-electron chi connectivity index (χ2n) is 8.74. The van der Waals surface area contributed by atoms with E-state index in [4.69, 9.17) is 16.2 Å². The molecule has 0 spiro atoms. The highest BCUT2D eigenvalue weighted by Crippen LogP contribution is 2.36. The molecule has 1 fully saturated rings. The molecule has 5 N–H and O–H groups in total. The van der Waals surface area contributed by atoms with Crippen LogP contribution in [0.25, 0.3) is 0 Å². The lowest BCUT2D eigenvalue weighted by atomic mass is 9.97. The molecule has 0 aromatic heterocycles. The lowest BCUT2D eigenvalue weighted by molar-refractivity contribution is -0.142. The number of carbonyl (C=O) groups excluding carboxylic acids is 3. The van der Waals surface area contributed by atoms with Crippen LogP contribution in [0.2, 0.25) is 0 Å². The van der Waals surface area contributed by atoms with Crippen LogP contribution in [0.5, 0.6) is 5.75 Å². The Hall–Kier alpha value is -3.27. The molecule has 34 heavy (non-hydrogen) atoms. The van der Waals surface area contributed by atoms with Crippen LogP contribution in [0.15, 0.2) is 42.5 Å². The van der Waals surface area contributed by atoms with E-state index in [1.165, 1.54) is 10.5 Å². The summed E-state index contributed by atoms with van der Waals surface area (Å²) in [5, 5.41) is 2.25. The van der Waals surface area contributed by atoms with Crippen molar-refractivity contribution in [2.24, 2.45) is 11.5 Å². The number of benzene rings is 2. The Morgan fingerprint density at radius 1 is 1.12 bits per heavy atom. The summed E-state index contributed by atoms with van der Waals surface area (Å²) in [6.45, 7) is 5.89. The average Bonchev–Trinajstić information content (AvgIpc) is 3.18. The van der Waals surface area contributed by atoms with Gasteiger partial charge in [0.25, 0.3) is 11.8 Å². The van der Waals surface area contributed by atoms with E-state index in [1.54, 1.807) is 12.1 Å². The number of nitrogens with two attached hydrogens (primary N) is 2. The maximum atomic E-state index is 13.1. The Balaban J connectivity index is 1.44. The lowest BCUT2D eigenvalue weighted by Crippen LogP contribution is -2.68. The Morgan fingerprint density at radius 3 is 2.53 bits per heavy atom. The van der Waals surface area contributed by atoms with Gasteiger partial charge in [-0.1, -0.05) is 37.3 Å². The van der Waals surface area contributed by atoms with Gasteiger partial charge < -0.3 is 21.1 Å². The molecule has 3 amide bonds. The highest BCUT2D eigenvalue weighted by atomic mass is 16.5. The molecule has 0 radical (unpaired) electrons. The molecule has 1 atom stereocenters. The molecule has 2 aliphatic heterocycles. The third-order valence-corrected chi connectivity index (χ3v) is 6.50. The van der Waals surface area contributed by atoms with Crippen molar-refractivity contribution >= 4 is 17.7 Å². The monoisotopic (exact) mass is 465 g/mol. The number of carbonyl (C=O) groups is 3. The van der Waals surface area contributed by atoms with Crippen molar-refractivity contribution in [1.29, 1.82) is 0 Å². The summed E-state index contributed by atoms with van der Waals surface area (Å²) in [7, 11) is 0. The molecule has 2 aliphatic rings. The standard InChI is InChI=1S/C25H31N5O4/c1-2-29(13-12-26)14-17-6-8-18(9-7-17)16-34-21-5-3-4-19-20(21)15-30(23(19)32)25(27)11-10-22(31)28-24(25)33/h3-9H,2,10-16,26-27H2,1H3,(H,28,31,33). The van der Waals surface area contributed by atoms with Crippen LogP contribution < -0.4 is 21.5 Å². The first-order valence-electron chi connectivity index (χ1n) is 11.6. The first kappa shape index (κ1) is 23.9. The molecular weight excluding hydrogens is 434 g/mol. The number of rotatable bonds is 9. The van der Waals surface area contributed by atoms with Gasteiger partial charge in [-0.05, 0) is 29.8 Å². The third kappa shape index (κ3) is 4.68. The van der Waals surface area contributed by atoms with E-state index >= 15 is 0 Å². The number of hydrogen-bond donors (Lipinski definition) is 3. The topological polar surface area (TPSA) is 131 Å². The van der Waals surface area contributed by atoms with Gasteiger partial charge in [0.2, 0.25) is 5.91 Å². The van der Waals surface area contributed by atoms with Crippen LogP contribution in [-0.4, -0.2) is 52.8 Å². The van der Waals surface area contributed by atoms with Crippen molar-refractivity contribution in [1.82, 2.24) is 15.1 Å². The smallest absolute Gasteiger partial charge is 0.267 e. The Bertz CT molecular complexity index is 1090. The molecule has 0 aliphatic carbocycles. The van der Waals surface area contributed by atoms with E-state index in [-0.39, 0.29) is 31.2 Å². The minimum absolute atomic E-state index is 0.0840. The van der Waals surface area contributed by atoms with Gasteiger partial charge in [0, 0.05) is 43.6 Å². The second kappa shape index (κ2) is 9.92. The summed E-state index contributed by atoms with van der Waals surface area (Å²) in [5.74, 6) is -0.796. The van der Waals surface area contributed by atoms with E-state index < -0.39 is 11.6 Å². The van der Waals surface area contributed by atoms with Crippen LogP contribution >= 0.6 is 0 Å². The van der Waals surface area contributed by atoms with Gasteiger partial charge in [-0.3, -0.25) is 24.6 Å². The van der Waals surface area contributed by atoms with Gasteiger partial charge in [0.15, 0.2) is 5.66 Å². The van der Waals surface area contributed by atoms with Crippen LogP contribution in [0.4, 0.5) is 0 Å². The third-order valence-electron chi connectivity index (χ3n) is 6.50. The lowest BCUT2D eigenvalue weighted by Gasteiger charge is -2.39. The van der Waals surface area contributed by atoms with Crippen molar-refractivity contribution in [3.05, 3.63) is 64.7 Å². The number of hydrogen-bond acceptors (Lipinski definition) is 7. The summed E-state index contributed by atoms with van der Waals surface area (Å²) in [5.41, 5.74) is 13.8. The molecule has 2 aromatic rings. The van der Waals surface area contributed by atoms with Crippen molar-refractivity contribution in [2.75, 3.05) is 19.6 Å². The summed E-state index contributed by atoms with van der Waals surface area (Å²) in [6.07, 6.45) is 0.171. The highest BCUT2D eigenvalue weighted by molar-refractivity contribution is 6.07. The quantitative estimate of drug-likeness (QED) is 0.473. The SMILES string of the molecule is CCN(CCN)Cc1ccc(COc2cccc3c2CN(C2(N)CCC(=O)NC2=O)C3=O)cc1. The summed E-state index contributed by atoms with van der Waals surface area (Å²) in [6, 6.07) is 13.5. The van der Waals surface area contributed by atoms with Crippen molar-refractivity contribution in [3.8, 4) is 5.75 Å². The fourth-order valence-corrected chi connectivity index (χ4v) is 4.43. The first-order valence-corrected chi connectivity index (χ1v) is 11.6. The van der Waals surface area contributed by atoms with E-state index in [2.05, 4.69) is 29.3 Å². The zero-order valence-corrected chi connectivity index (χ0v) is 19.4. The fraction of sp³-hybridized carbons (Fsp3) is 0.400. The number of nitrogens with one attached hydrogen (secondary N) is 1. The van der Waals surface area contributed by atoms with E-state index in [0.29, 0.717) is 30.0 Å². The number of nitrogens with zero attached hydrogens (tertiary/aromatic N) is 2. The summed E-state index contributed by atoms with van der Waals surface area (Å²) >= 11 is 0. The highest BCUT2D eigenvalue weighted by Gasteiger charge is 2.49. The minimum atomic E-state index is -1.56. The number of fused-ring (bicyclic) bond motifs is 1. The van der Waals surface area contributed by atoms with Crippen LogP contribution in [0.1, 0.15) is 46.8 Å². The van der Waals surface area contributed by atoms with Gasteiger partial charge in [0.05, 0.1) is 6.54 Å². The molecule has 2 aromatic carbocycles. The van der Waals surface area contributed by atoms with Crippen molar-refractivity contribution < 1.29 is 19.1 Å². The Labute approximate surface area is 199 Å². The largest absolute Gasteiger partial charge is 0.489 e. The van der Waals surface area contributed by atoms with Gasteiger partial charge >= 0.3 is 0 Å². The van der Waals surface area contributed by atoms with E-state index in [9.17, 15) is 14.4 Å². The molecule has 1 saturated heterocycles. The zero-order valence-electron chi connectivity index (χ0n) is 19.4. The zero-order chi connectivity index (χ0) is 24.3. The summed E-state index contributed by atoms with van der Waals surface area (Å²) < 4.78 is 6.08. The van der Waals surface area contributed by atoms with Crippen LogP contribution in [0, 0.1) is 0 Å². The predicted octanol–water partition coefficient (Wildman–Crippen LogP) is 1.09. The predicted molar refractivity (Wildman–Crippen MR) is 126 cm³/mol. The molecule has 9 nitrogen and oxygen atoms in total. The van der Waals surface area contributed by atoms with Crippen LogP contribution in [0.3, 0.4) is 0 Å². The molecular formula is C25H31N5O4. The van der Waals surface area contributed by atoms with Crippen molar-refractivity contribution in [2.45, 2.75) is 45.1 Å². The second-order valence-corrected chi connectivity index (χ2v) is 8.74. The van der Waals surface area contributed by atoms with Gasteiger partial charge in [0.1, 0.15) is 12.4 Å². The Kier molecular flexibility index (Phi) is 6.97. The van der Waals surface area contributed by atoms with Crippen molar-refractivity contribution in [3.63, 3.8) is 0 Å². The van der Waals surface area contributed by atoms with E-state index in [0.717, 1.165) is 25.2 Å². The number of piperidine rings is 1. The van der Waals surface area contributed by atoms with Gasteiger partial charge in [-0.25, -0.2) is 0 Å². The number of amides is 3. The van der Waals surface area contributed by atoms with Gasteiger partial charge in [-0.15, -0.1) is 0 Å². The maximum Gasteiger partial charge on any atom is 0.267 e. The normalized spacial score (nSPS) is 20.0. The number of likely N-dealkylation sites (N-methyl/N-ethyl adjacent to an activating group) is 1. The molecule has 0 bridgehead atoms. The molecule has 2 heterocycles. The maximum absolute atomic E-state index is 13.1. The first-order chi connectivity index (χ1) is 16.4. The van der Waals surface area contributed by atoms with E-state index in [1.807, 2.05) is 18.2 Å². The van der Waals surface area contributed by atoms with Gasteiger partial charge in [-0.2, -0.15) is 0 Å². The molecule has 4 rings (SSSR count). The molecule has 0 saturated carbocycles. The number of ether oxygens (including phenoxy) is 1. The Morgan fingerprint density at radius 2 is 1.85 bits per heavy atom. The van der Waals surface area contributed by atoms with Crippen LogP contribution in [-0.2, 0) is 29.3 Å². The molecule has 9 heteroatoms. The fourth-order valence-electron chi connectivity index (χ4n) is 4.43. The minimum Gasteiger partial charge on any atom is -0.489 e. The summed E-state index contributed by atoms with van der Waals surface area (Å²) in [4.78, 5) is 40.7. The average molecular weight is 466 g/mol. The molecule has 1 unspecified atom stereocenters.